The lowest BCUT2D eigenvalue weighted by atomic mass is 10.1. The summed E-state index contributed by atoms with van der Waals surface area (Å²) in [6, 6.07) is 7.27. The molecule has 1 aromatic carbocycles. The summed E-state index contributed by atoms with van der Waals surface area (Å²) in [6.07, 6.45) is 6.07. The number of allylic oxidation sites excluding steroid dienone is 1. The molecular weight excluding hydrogens is 200 g/mol. The number of Topliss-reactive ketones (excluding diaryl/α,β-unsaturated/α-hetero) is 1. The fraction of sp³-hybridized carbons (Fsp3) is 0.357. The van der Waals surface area contributed by atoms with Gasteiger partial charge in [-0.1, -0.05) is 19.4 Å². The van der Waals surface area contributed by atoms with Gasteiger partial charge in [-0.05, 0) is 37.6 Å². The third-order valence-corrected chi connectivity index (χ3v) is 2.27. The molecule has 86 valence electrons. The molecule has 1 aromatic rings. The molecule has 0 aliphatic heterocycles. The molecule has 0 saturated carbocycles. The van der Waals surface area contributed by atoms with Crippen molar-refractivity contribution in [3.63, 3.8) is 0 Å². The molecule has 0 aliphatic carbocycles. The minimum Gasteiger partial charge on any atom is -0.465 e. The van der Waals surface area contributed by atoms with Crippen molar-refractivity contribution in [2.75, 3.05) is 0 Å². The molecule has 0 aliphatic rings. The van der Waals surface area contributed by atoms with E-state index in [4.69, 9.17) is 4.74 Å². The Morgan fingerprint density at radius 1 is 1.31 bits per heavy atom. The molecule has 0 bridgehead atoms. The van der Waals surface area contributed by atoms with E-state index in [9.17, 15) is 4.79 Å². The van der Waals surface area contributed by atoms with Crippen molar-refractivity contribution >= 4 is 5.78 Å². The van der Waals surface area contributed by atoms with Gasteiger partial charge in [0.1, 0.15) is 5.75 Å². The van der Waals surface area contributed by atoms with E-state index in [1.54, 1.807) is 6.26 Å². The third-order valence-electron chi connectivity index (χ3n) is 2.27. The van der Waals surface area contributed by atoms with Gasteiger partial charge in [-0.25, -0.2) is 0 Å². The number of benzene rings is 1. The van der Waals surface area contributed by atoms with Crippen LogP contribution in [0.3, 0.4) is 0 Å². The van der Waals surface area contributed by atoms with E-state index in [1.807, 2.05) is 37.3 Å². The fourth-order valence-corrected chi connectivity index (χ4v) is 1.35. The predicted molar refractivity (Wildman–Crippen MR) is 65.7 cm³/mol. The van der Waals surface area contributed by atoms with Gasteiger partial charge in [-0.3, -0.25) is 4.79 Å². The van der Waals surface area contributed by atoms with Crippen LogP contribution in [0.15, 0.2) is 36.6 Å². The van der Waals surface area contributed by atoms with Crippen LogP contribution in [0.5, 0.6) is 5.75 Å². The van der Waals surface area contributed by atoms with Crippen LogP contribution in [-0.2, 0) is 0 Å². The van der Waals surface area contributed by atoms with Crippen LogP contribution >= 0.6 is 0 Å². The molecule has 0 N–H and O–H groups in total. The Balaban J connectivity index is 2.59. The van der Waals surface area contributed by atoms with Crippen LogP contribution in [0.25, 0.3) is 0 Å². The molecule has 0 amide bonds. The summed E-state index contributed by atoms with van der Waals surface area (Å²) >= 11 is 0. The Kier molecular flexibility index (Phi) is 5.34. The molecule has 2 heteroatoms. The zero-order chi connectivity index (χ0) is 11.8. The second-order valence-electron chi connectivity index (χ2n) is 3.64. The van der Waals surface area contributed by atoms with Gasteiger partial charge in [-0.2, -0.15) is 0 Å². The van der Waals surface area contributed by atoms with Gasteiger partial charge in [-0.15, -0.1) is 0 Å². The summed E-state index contributed by atoms with van der Waals surface area (Å²) in [5, 5.41) is 0. The highest BCUT2D eigenvalue weighted by atomic mass is 16.5. The first kappa shape index (κ1) is 12.5. The summed E-state index contributed by atoms with van der Waals surface area (Å²) in [5.74, 6) is 0.963. The van der Waals surface area contributed by atoms with Gasteiger partial charge in [0.05, 0.1) is 6.26 Å². The van der Waals surface area contributed by atoms with Gasteiger partial charge in [0.2, 0.25) is 0 Å². The van der Waals surface area contributed by atoms with Gasteiger partial charge in [0.25, 0.3) is 0 Å². The Morgan fingerprint density at radius 3 is 2.56 bits per heavy atom. The lowest BCUT2D eigenvalue weighted by Gasteiger charge is -2.02. The van der Waals surface area contributed by atoms with Crippen molar-refractivity contribution in [1.29, 1.82) is 0 Å². The monoisotopic (exact) mass is 218 g/mol. The first-order valence-corrected chi connectivity index (χ1v) is 5.69. The molecule has 0 aromatic heterocycles. The first-order chi connectivity index (χ1) is 7.77. The molecule has 16 heavy (non-hydrogen) atoms. The van der Waals surface area contributed by atoms with Crippen molar-refractivity contribution < 1.29 is 9.53 Å². The molecule has 0 saturated heterocycles. The zero-order valence-corrected chi connectivity index (χ0v) is 9.90. The minimum atomic E-state index is 0.208. The topological polar surface area (TPSA) is 26.3 Å². The highest BCUT2D eigenvalue weighted by Gasteiger charge is 2.04. The number of ketones is 1. The van der Waals surface area contributed by atoms with Crippen LogP contribution < -0.4 is 4.74 Å². The van der Waals surface area contributed by atoms with Gasteiger partial charge in [0, 0.05) is 12.0 Å². The minimum absolute atomic E-state index is 0.208. The predicted octanol–water partition coefficient (Wildman–Crippen LogP) is 3.97. The number of ether oxygens (including phenoxy) is 1. The summed E-state index contributed by atoms with van der Waals surface area (Å²) in [5.41, 5.74) is 0.765. The maximum absolute atomic E-state index is 11.7. The second-order valence-corrected chi connectivity index (χ2v) is 3.64. The number of unbranched alkanes of at least 4 members (excludes halogenated alkanes) is 1. The smallest absolute Gasteiger partial charge is 0.162 e. The van der Waals surface area contributed by atoms with Crippen LogP contribution in [0.1, 0.15) is 43.5 Å². The molecule has 0 unspecified atom stereocenters. The molecule has 0 spiro atoms. The Morgan fingerprint density at radius 2 is 2.00 bits per heavy atom. The first-order valence-electron chi connectivity index (χ1n) is 5.69. The average molecular weight is 218 g/mol. The SMILES string of the molecule is CC=COc1ccc(C(=O)CCCC)cc1. The molecule has 0 heterocycles. The Hall–Kier alpha value is -1.57. The number of carbonyl (C=O) groups excluding carboxylic acids is 1. The number of carbonyl (C=O) groups is 1. The largest absolute Gasteiger partial charge is 0.465 e. The van der Waals surface area contributed by atoms with Gasteiger partial charge >= 0.3 is 0 Å². The van der Waals surface area contributed by atoms with Crippen molar-refractivity contribution in [3.05, 3.63) is 42.2 Å². The highest BCUT2D eigenvalue weighted by molar-refractivity contribution is 5.96. The summed E-state index contributed by atoms with van der Waals surface area (Å²) in [7, 11) is 0. The van der Waals surface area contributed by atoms with Crippen LogP contribution in [-0.4, -0.2) is 5.78 Å². The highest BCUT2D eigenvalue weighted by Crippen LogP contribution is 2.14. The molecule has 0 atom stereocenters. The van der Waals surface area contributed by atoms with E-state index in [0.717, 1.165) is 24.2 Å². The van der Waals surface area contributed by atoms with Crippen LogP contribution in [0.2, 0.25) is 0 Å². The summed E-state index contributed by atoms with van der Waals surface area (Å²) in [6.45, 7) is 3.98. The standard InChI is InChI=1S/C14H18O2/c1-3-5-6-14(15)12-7-9-13(10-8-12)16-11-4-2/h4,7-11H,3,5-6H2,1-2H3. The van der Waals surface area contributed by atoms with Gasteiger partial charge < -0.3 is 4.74 Å². The lowest BCUT2D eigenvalue weighted by Crippen LogP contribution is -1.98. The van der Waals surface area contributed by atoms with Crippen molar-refractivity contribution in [2.45, 2.75) is 33.1 Å². The van der Waals surface area contributed by atoms with E-state index in [1.165, 1.54) is 0 Å². The van der Waals surface area contributed by atoms with Crippen molar-refractivity contribution in [1.82, 2.24) is 0 Å². The third kappa shape index (κ3) is 3.89. The number of hydrogen-bond acceptors (Lipinski definition) is 2. The normalized spacial score (nSPS) is 10.6. The van der Waals surface area contributed by atoms with Crippen LogP contribution in [0.4, 0.5) is 0 Å². The quantitative estimate of drug-likeness (QED) is 0.533. The average Bonchev–Trinajstić information content (AvgIpc) is 2.34. The van der Waals surface area contributed by atoms with E-state index in [-0.39, 0.29) is 5.78 Å². The van der Waals surface area contributed by atoms with E-state index >= 15 is 0 Å². The zero-order valence-electron chi connectivity index (χ0n) is 9.90. The van der Waals surface area contributed by atoms with E-state index in [0.29, 0.717) is 6.42 Å². The Bertz CT molecular complexity index is 350. The van der Waals surface area contributed by atoms with Gasteiger partial charge in [0.15, 0.2) is 5.78 Å². The maximum Gasteiger partial charge on any atom is 0.162 e. The van der Waals surface area contributed by atoms with Crippen molar-refractivity contribution in [2.24, 2.45) is 0 Å². The molecule has 2 nitrogen and oxygen atoms in total. The van der Waals surface area contributed by atoms with E-state index < -0.39 is 0 Å². The maximum atomic E-state index is 11.7. The molecule has 0 radical (unpaired) electrons. The second kappa shape index (κ2) is 6.83. The lowest BCUT2D eigenvalue weighted by molar-refractivity contribution is 0.0980. The number of rotatable bonds is 6. The fourth-order valence-electron chi connectivity index (χ4n) is 1.35. The molecular formula is C14H18O2. The molecule has 0 fully saturated rings. The number of hydrogen-bond donors (Lipinski definition) is 0. The summed E-state index contributed by atoms with van der Waals surface area (Å²) in [4.78, 5) is 11.7. The van der Waals surface area contributed by atoms with Crippen molar-refractivity contribution in [3.8, 4) is 5.75 Å². The summed E-state index contributed by atoms with van der Waals surface area (Å²) < 4.78 is 5.28. The molecule has 1 rings (SSSR count). The Labute approximate surface area is 96.9 Å². The van der Waals surface area contributed by atoms with Crippen LogP contribution in [0, 0.1) is 0 Å². The van der Waals surface area contributed by atoms with E-state index in [2.05, 4.69) is 6.92 Å².